The fourth-order valence-electron chi connectivity index (χ4n) is 3.35. The monoisotopic (exact) mass is 370 g/mol. The second-order valence-corrected chi connectivity index (χ2v) is 6.58. The lowest BCUT2D eigenvalue weighted by Gasteiger charge is -2.09. The molecule has 0 spiro atoms. The molecule has 2 aromatic heterocycles. The van der Waals surface area contributed by atoms with Crippen molar-refractivity contribution in [3.8, 4) is 5.69 Å². The van der Waals surface area contributed by atoms with Crippen molar-refractivity contribution in [1.82, 2.24) is 9.55 Å². The highest BCUT2D eigenvalue weighted by atomic mass is 16.6. The normalized spacial score (nSPS) is 11.4. The molecule has 0 saturated heterocycles. The molecule has 138 valence electrons. The van der Waals surface area contributed by atoms with Gasteiger partial charge in [0.2, 0.25) is 0 Å². The Hall–Kier alpha value is -3.80. The van der Waals surface area contributed by atoms with Crippen molar-refractivity contribution in [1.29, 1.82) is 0 Å². The number of benzene rings is 2. The van der Waals surface area contributed by atoms with Crippen LogP contribution in [0.25, 0.3) is 16.6 Å². The highest BCUT2D eigenvalue weighted by Crippen LogP contribution is 2.24. The van der Waals surface area contributed by atoms with Crippen LogP contribution in [0.1, 0.15) is 17.0 Å². The summed E-state index contributed by atoms with van der Waals surface area (Å²) in [5, 5.41) is 12.1. The van der Waals surface area contributed by atoms with Crippen molar-refractivity contribution < 1.29 is 4.92 Å². The van der Waals surface area contributed by atoms with Gasteiger partial charge in [0.15, 0.2) is 0 Å². The Bertz CT molecular complexity index is 1220. The van der Waals surface area contributed by atoms with Crippen LogP contribution >= 0.6 is 0 Å². The van der Waals surface area contributed by atoms with E-state index in [1.54, 1.807) is 18.3 Å². The van der Waals surface area contributed by atoms with E-state index in [-0.39, 0.29) is 10.6 Å². The van der Waals surface area contributed by atoms with Crippen molar-refractivity contribution in [2.45, 2.75) is 13.8 Å². The predicted octanol–water partition coefficient (Wildman–Crippen LogP) is 5.30. The fourth-order valence-corrected chi connectivity index (χ4v) is 3.35. The van der Waals surface area contributed by atoms with E-state index in [1.807, 2.05) is 67.1 Å². The van der Waals surface area contributed by atoms with Crippen molar-refractivity contribution in [2.24, 2.45) is 4.99 Å². The van der Waals surface area contributed by atoms with Gasteiger partial charge in [-0.15, -0.1) is 0 Å². The van der Waals surface area contributed by atoms with Gasteiger partial charge in [-0.25, -0.2) is 0 Å². The van der Waals surface area contributed by atoms with E-state index in [9.17, 15) is 10.1 Å². The Morgan fingerprint density at radius 3 is 2.75 bits per heavy atom. The molecular weight excluding hydrogens is 352 g/mol. The summed E-state index contributed by atoms with van der Waals surface area (Å²) < 4.78 is 2.00. The minimum atomic E-state index is -0.380. The van der Waals surface area contributed by atoms with Crippen LogP contribution in [-0.4, -0.2) is 20.7 Å². The molecule has 0 radical (unpaired) electrons. The number of nitrogens with zero attached hydrogens (tertiary/aromatic N) is 4. The molecular formula is C22H18N4O2. The summed E-state index contributed by atoms with van der Waals surface area (Å²) in [6.45, 7) is 3.96. The zero-order valence-electron chi connectivity index (χ0n) is 15.5. The van der Waals surface area contributed by atoms with E-state index < -0.39 is 0 Å². The molecule has 2 aromatic carbocycles. The third kappa shape index (κ3) is 3.27. The number of nitro benzene ring substituents is 1. The van der Waals surface area contributed by atoms with Gasteiger partial charge in [0, 0.05) is 46.9 Å². The van der Waals surface area contributed by atoms with Gasteiger partial charge in [-0.3, -0.25) is 20.1 Å². The van der Waals surface area contributed by atoms with Gasteiger partial charge in [-0.1, -0.05) is 12.1 Å². The average Bonchev–Trinajstić information content (AvgIpc) is 2.99. The average molecular weight is 370 g/mol. The van der Waals surface area contributed by atoms with E-state index in [2.05, 4.69) is 9.98 Å². The third-order valence-electron chi connectivity index (χ3n) is 4.71. The molecule has 0 N–H and O–H groups in total. The maximum Gasteiger partial charge on any atom is 0.271 e. The van der Waals surface area contributed by atoms with Crippen LogP contribution in [0.4, 0.5) is 11.4 Å². The van der Waals surface area contributed by atoms with E-state index in [0.717, 1.165) is 39.2 Å². The SMILES string of the molecule is Cc1cc(C=Nc2ccc3ncccc3c2)c(C)n1-c1cccc([N+](=O)[O-])c1. The summed E-state index contributed by atoms with van der Waals surface area (Å²) in [6.07, 6.45) is 3.60. The van der Waals surface area contributed by atoms with E-state index in [0.29, 0.717) is 0 Å². The zero-order valence-corrected chi connectivity index (χ0v) is 15.5. The van der Waals surface area contributed by atoms with Gasteiger partial charge in [-0.05, 0) is 50.2 Å². The largest absolute Gasteiger partial charge is 0.318 e. The number of aromatic nitrogens is 2. The second-order valence-electron chi connectivity index (χ2n) is 6.58. The molecule has 0 amide bonds. The van der Waals surface area contributed by atoms with Crippen molar-refractivity contribution in [3.63, 3.8) is 0 Å². The van der Waals surface area contributed by atoms with Crippen LogP contribution in [0, 0.1) is 24.0 Å². The number of non-ortho nitro benzene ring substituents is 1. The maximum atomic E-state index is 11.1. The van der Waals surface area contributed by atoms with Crippen LogP contribution in [0.2, 0.25) is 0 Å². The Morgan fingerprint density at radius 2 is 1.93 bits per heavy atom. The van der Waals surface area contributed by atoms with E-state index >= 15 is 0 Å². The number of aliphatic imine (C=N–C) groups is 1. The predicted molar refractivity (Wildman–Crippen MR) is 111 cm³/mol. The van der Waals surface area contributed by atoms with Gasteiger partial charge >= 0.3 is 0 Å². The number of fused-ring (bicyclic) bond motifs is 1. The smallest absolute Gasteiger partial charge is 0.271 e. The van der Waals surface area contributed by atoms with Crippen LogP contribution < -0.4 is 0 Å². The number of aryl methyl sites for hydroxylation is 1. The number of pyridine rings is 1. The standard InChI is InChI=1S/C22H18N4O2/c1-15-11-18(14-24-19-8-9-22-17(12-19)5-4-10-23-22)16(2)25(15)20-6-3-7-21(13-20)26(27)28/h3-14H,1-2H3. The Labute approximate surface area is 162 Å². The van der Waals surface area contributed by atoms with Gasteiger partial charge in [-0.2, -0.15) is 0 Å². The molecule has 6 heteroatoms. The molecule has 6 nitrogen and oxygen atoms in total. The molecule has 28 heavy (non-hydrogen) atoms. The van der Waals surface area contributed by atoms with E-state index in [1.165, 1.54) is 6.07 Å². The van der Waals surface area contributed by atoms with E-state index in [4.69, 9.17) is 0 Å². The first-order valence-electron chi connectivity index (χ1n) is 8.85. The summed E-state index contributed by atoms with van der Waals surface area (Å²) >= 11 is 0. The second kappa shape index (κ2) is 7.08. The first kappa shape index (κ1) is 17.6. The minimum absolute atomic E-state index is 0.0741. The maximum absolute atomic E-state index is 11.1. The highest BCUT2D eigenvalue weighted by Gasteiger charge is 2.12. The summed E-state index contributed by atoms with van der Waals surface area (Å²) in [7, 11) is 0. The molecule has 0 fully saturated rings. The lowest BCUT2D eigenvalue weighted by Crippen LogP contribution is -2.00. The van der Waals surface area contributed by atoms with Crippen LogP contribution in [0.3, 0.4) is 0 Å². The summed E-state index contributed by atoms with van der Waals surface area (Å²) in [6, 6.07) is 18.5. The Morgan fingerprint density at radius 1 is 1.07 bits per heavy atom. The topological polar surface area (TPSA) is 73.3 Å². The first-order chi connectivity index (χ1) is 13.5. The fraction of sp³-hybridized carbons (Fsp3) is 0.0909. The van der Waals surface area contributed by atoms with Gasteiger partial charge < -0.3 is 4.57 Å². The van der Waals surface area contributed by atoms with Crippen molar-refractivity contribution >= 4 is 28.5 Å². The molecule has 0 aliphatic rings. The molecule has 4 aromatic rings. The quantitative estimate of drug-likeness (QED) is 0.278. The molecule has 0 saturated carbocycles. The molecule has 0 aliphatic heterocycles. The number of rotatable bonds is 4. The van der Waals surface area contributed by atoms with Crippen LogP contribution in [-0.2, 0) is 0 Å². The summed E-state index contributed by atoms with van der Waals surface area (Å²) in [5.74, 6) is 0. The first-order valence-corrected chi connectivity index (χ1v) is 8.85. The zero-order chi connectivity index (χ0) is 19.7. The number of hydrogen-bond donors (Lipinski definition) is 0. The van der Waals surface area contributed by atoms with Crippen molar-refractivity contribution in [3.05, 3.63) is 93.9 Å². The van der Waals surface area contributed by atoms with Crippen LogP contribution in [0.5, 0.6) is 0 Å². The highest BCUT2D eigenvalue weighted by molar-refractivity contribution is 5.87. The molecule has 0 bridgehead atoms. The van der Waals surface area contributed by atoms with Gasteiger partial charge in [0.25, 0.3) is 5.69 Å². The van der Waals surface area contributed by atoms with Gasteiger partial charge in [0.05, 0.1) is 21.8 Å². The van der Waals surface area contributed by atoms with Crippen molar-refractivity contribution in [2.75, 3.05) is 0 Å². The molecule has 2 heterocycles. The number of nitro groups is 1. The summed E-state index contributed by atoms with van der Waals surface area (Å²) in [5.41, 5.74) is 5.55. The van der Waals surface area contributed by atoms with Crippen LogP contribution in [0.15, 0.2) is 71.9 Å². The summed E-state index contributed by atoms with van der Waals surface area (Å²) in [4.78, 5) is 19.6. The molecule has 0 unspecified atom stereocenters. The lowest BCUT2D eigenvalue weighted by atomic mass is 10.2. The molecule has 4 rings (SSSR count). The Balaban J connectivity index is 1.69. The Kier molecular flexibility index (Phi) is 4.45. The number of hydrogen-bond acceptors (Lipinski definition) is 4. The minimum Gasteiger partial charge on any atom is -0.318 e. The third-order valence-corrected chi connectivity index (χ3v) is 4.71. The lowest BCUT2D eigenvalue weighted by molar-refractivity contribution is -0.384. The van der Waals surface area contributed by atoms with Gasteiger partial charge in [0.1, 0.15) is 0 Å². The molecule has 0 atom stereocenters. The molecule has 0 aliphatic carbocycles.